The van der Waals surface area contributed by atoms with Crippen LogP contribution >= 0.6 is 11.6 Å². The molecule has 0 radical (unpaired) electrons. The first-order chi connectivity index (χ1) is 14.3. The standard InChI is InChI=1S/C22H19ClN4O2S/c1-14-7-9-18(10-8-14)30(28,29)27-22-21(24-17-12-15(2)11-16(23)13-17)25-19-5-3-4-6-20(19)26-22/h3-13H,1-2H3,(H,24,25)(H,26,27). The van der Waals surface area contributed by atoms with E-state index in [1.54, 1.807) is 36.4 Å². The average molecular weight is 439 g/mol. The summed E-state index contributed by atoms with van der Waals surface area (Å²) >= 11 is 6.16. The number of fused-ring (bicyclic) bond motifs is 1. The van der Waals surface area contributed by atoms with E-state index in [0.717, 1.165) is 11.1 Å². The monoisotopic (exact) mass is 438 g/mol. The van der Waals surface area contributed by atoms with Crippen molar-refractivity contribution in [1.29, 1.82) is 0 Å². The number of benzene rings is 3. The summed E-state index contributed by atoms with van der Waals surface area (Å²) in [7, 11) is -3.85. The summed E-state index contributed by atoms with van der Waals surface area (Å²) < 4.78 is 28.4. The van der Waals surface area contributed by atoms with Gasteiger partial charge in [-0.1, -0.05) is 41.4 Å². The molecule has 6 nitrogen and oxygen atoms in total. The number of rotatable bonds is 5. The quantitative estimate of drug-likeness (QED) is 0.433. The Bertz CT molecular complexity index is 1320. The maximum atomic E-state index is 12.9. The fourth-order valence-corrected chi connectivity index (χ4v) is 4.31. The molecule has 8 heteroatoms. The maximum absolute atomic E-state index is 12.9. The van der Waals surface area contributed by atoms with Crippen molar-refractivity contribution in [3.05, 3.63) is 82.9 Å². The first kappa shape index (κ1) is 20.1. The molecule has 1 aromatic heterocycles. The molecule has 4 rings (SSSR count). The lowest BCUT2D eigenvalue weighted by atomic mass is 10.2. The Balaban J connectivity index is 1.79. The summed E-state index contributed by atoms with van der Waals surface area (Å²) in [4.78, 5) is 9.22. The first-order valence-corrected chi connectivity index (χ1v) is 11.1. The second kappa shape index (κ2) is 7.93. The summed E-state index contributed by atoms with van der Waals surface area (Å²) in [5.41, 5.74) is 3.82. The van der Waals surface area contributed by atoms with Gasteiger partial charge < -0.3 is 5.32 Å². The fourth-order valence-electron chi connectivity index (χ4n) is 3.01. The Morgan fingerprint density at radius 2 is 1.43 bits per heavy atom. The van der Waals surface area contributed by atoms with Crippen LogP contribution in [0.15, 0.2) is 71.6 Å². The minimum absolute atomic E-state index is 0.104. The van der Waals surface area contributed by atoms with Crippen LogP contribution in [0, 0.1) is 13.8 Å². The lowest BCUT2D eigenvalue weighted by Gasteiger charge is -2.14. The van der Waals surface area contributed by atoms with Crippen LogP contribution in [-0.4, -0.2) is 18.4 Å². The number of nitrogens with zero attached hydrogens (tertiary/aromatic N) is 2. The number of aromatic nitrogens is 2. The van der Waals surface area contributed by atoms with Gasteiger partial charge in [0.15, 0.2) is 11.6 Å². The van der Waals surface area contributed by atoms with Crippen molar-refractivity contribution in [1.82, 2.24) is 9.97 Å². The second-order valence-corrected chi connectivity index (χ2v) is 9.09. The highest BCUT2D eigenvalue weighted by Crippen LogP contribution is 2.28. The number of hydrogen-bond acceptors (Lipinski definition) is 5. The molecule has 0 saturated heterocycles. The van der Waals surface area contributed by atoms with Gasteiger partial charge in [-0.15, -0.1) is 0 Å². The van der Waals surface area contributed by atoms with Crippen molar-refractivity contribution in [2.45, 2.75) is 18.7 Å². The van der Waals surface area contributed by atoms with E-state index in [4.69, 9.17) is 11.6 Å². The van der Waals surface area contributed by atoms with E-state index in [9.17, 15) is 8.42 Å². The SMILES string of the molecule is Cc1ccc(S(=O)(=O)Nc2nc3ccccc3nc2Nc2cc(C)cc(Cl)c2)cc1. The van der Waals surface area contributed by atoms with Crippen LogP contribution < -0.4 is 10.0 Å². The number of anilines is 3. The highest BCUT2D eigenvalue weighted by molar-refractivity contribution is 7.92. The van der Waals surface area contributed by atoms with E-state index in [0.29, 0.717) is 21.7 Å². The van der Waals surface area contributed by atoms with Crippen LogP contribution in [0.4, 0.5) is 17.3 Å². The molecule has 0 bridgehead atoms. The number of nitrogens with one attached hydrogen (secondary N) is 2. The van der Waals surface area contributed by atoms with Gasteiger partial charge in [-0.3, -0.25) is 4.72 Å². The molecule has 0 aliphatic carbocycles. The Labute approximate surface area is 180 Å². The summed E-state index contributed by atoms with van der Waals surface area (Å²) in [6, 6.07) is 19.3. The zero-order chi connectivity index (χ0) is 21.3. The molecule has 0 aliphatic heterocycles. The van der Waals surface area contributed by atoms with Gasteiger partial charge in [0.05, 0.1) is 15.9 Å². The Kier molecular flexibility index (Phi) is 5.32. The average Bonchev–Trinajstić information content (AvgIpc) is 2.68. The van der Waals surface area contributed by atoms with Crippen LogP contribution in [0.1, 0.15) is 11.1 Å². The number of hydrogen-bond donors (Lipinski definition) is 2. The zero-order valence-corrected chi connectivity index (χ0v) is 17.9. The third kappa shape index (κ3) is 4.37. The van der Waals surface area contributed by atoms with E-state index >= 15 is 0 Å². The third-order valence-corrected chi connectivity index (χ3v) is 6.01. The highest BCUT2D eigenvalue weighted by atomic mass is 35.5. The molecule has 0 fully saturated rings. The summed E-state index contributed by atoms with van der Waals surface area (Å²) in [5, 5.41) is 3.71. The normalized spacial score (nSPS) is 11.4. The summed E-state index contributed by atoms with van der Waals surface area (Å²) in [6.07, 6.45) is 0. The van der Waals surface area contributed by atoms with Crippen molar-refractivity contribution < 1.29 is 8.42 Å². The lowest BCUT2D eigenvalue weighted by Crippen LogP contribution is -2.16. The number of sulfonamides is 1. The Morgan fingerprint density at radius 1 is 0.800 bits per heavy atom. The van der Waals surface area contributed by atoms with Crippen molar-refractivity contribution in [2.75, 3.05) is 10.0 Å². The van der Waals surface area contributed by atoms with E-state index in [2.05, 4.69) is 20.0 Å². The van der Waals surface area contributed by atoms with E-state index in [-0.39, 0.29) is 16.5 Å². The minimum Gasteiger partial charge on any atom is -0.337 e. The molecule has 0 saturated carbocycles. The van der Waals surface area contributed by atoms with Crippen molar-refractivity contribution >= 4 is 50.0 Å². The molecular weight excluding hydrogens is 420 g/mol. The molecule has 30 heavy (non-hydrogen) atoms. The number of para-hydroxylation sites is 2. The molecule has 2 N–H and O–H groups in total. The van der Waals surface area contributed by atoms with Gasteiger partial charge >= 0.3 is 0 Å². The Hall–Kier alpha value is -3.16. The topological polar surface area (TPSA) is 84.0 Å². The highest BCUT2D eigenvalue weighted by Gasteiger charge is 2.19. The largest absolute Gasteiger partial charge is 0.337 e. The van der Waals surface area contributed by atoms with Crippen LogP contribution in [0.2, 0.25) is 5.02 Å². The van der Waals surface area contributed by atoms with Gasteiger partial charge in [-0.25, -0.2) is 18.4 Å². The molecule has 3 aromatic carbocycles. The predicted octanol–water partition coefficient (Wildman–Crippen LogP) is 5.44. The maximum Gasteiger partial charge on any atom is 0.263 e. The molecule has 0 aliphatic rings. The first-order valence-electron chi connectivity index (χ1n) is 9.21. The second-order valence-electron chi connectivity index (χ2n) is 6.97. The van der Waals surface area contributed by atoms with Crippen molar-refractivity contribution in [3.63, 3.8) is 0 Å². The van der Waals surface area contributed by atoms with Crippen molar-refractivity contribution in [2.24, 2.45) is 0 Å². The predicted molar refractivity (Wildman–Crippen MR) is 121 cm³/mol. The Morgan fingerprint density at radius 3 is 2.07 bits per heavy atom. The van der Waals surface area contributed by atoms with Crippen LogP contribution in [-0.2, 0) is 10.0 Å². The van der Waals surface area contributed by atoms with Gasteiger partial charge in [0.25, 0.3) is 10.0 Å². The smallest absolute Gasteiger partial charge is 0.263 e. The lowest BCUT2D eigenvalue weighted by molar-refractivity contribution is 0.601. The van der Waals surface area contributed by atoms with E-state index in [1.165, 1.54) is 0 Å². The van der Waals surface area contributed by atoms with Crippen molar-refractivity contribution in [3.8, 4) is 0 Å². The van der Waals surface area contributed by atoms with E-state index in [1.807, 2.05) is 44.2 Å². The molecule has 0 unspecified atom stereocenters. The molecule has 0 atom stereocenters. The zero-order valence-electron chi connectivity index (χ0n) is 16.3. The van der Waals surface area contributed by atoms with Gasteiger partial charge in [-0.05, 0) is 61.9 Å². The molecule has 0 amide bonds. The van der Waals surface area contributed by atoms with Gasteiger partial charge in [0, 0.05) is 10.7 Å². The third-order valence-electron chi connectivity index (χ3n) is 4.44. The number of aryl methyl sites for hydroxylation is 2. The van der Waals surface area contributed by atoms with Gasteiger partial charge in [-0.2, -0.15) is 0 Å². The molecule has 152 valence electrons. The summed E-state index contributed by atoms with van der Waals surface area (Å²) in [5.74, 6) is 0.387. The number of halogens is 1. The fraction of sp³-hybridized carbons (Fsp3) is 0.0909. The van der Waals surface area contributed by atoms with Gasteiger partial charge in [0.1, 0.15) is 0 Å². The van der Waals surface area contributed by atoms with Crippen LogP contribution in [0.3, 0.4) is 0 Å². The summed E-state index contributed by atoms with van der Waals surface area (Å²) in [6.45, 7) is 3.82. The van der Waals surface area contributed by atoms with E-state index < -0.39 is 10.0 Å². The molecule has 1 heterocycles. The molecule has 4 aromatic rings. The van der Waals surface area contributed by atoms with Crippen LogP contribution in [0.5, 0.6) is 0 Å². The minimum atomic E-state index is -3.85. The molecular formula is C22H19ClN4O2S. The van der Waals surface area contributed by atoms with Crippen LogP contribution in [0.25, 0.3) is 11.0 Å². The van der Waals surface area contributed by atoms with Gasteiger partial charge in [0.2, 0.25) is 0 Å². The molecule has 0 spiro atoms.